The molecular weight excluding hydrogens is 458 g/mol. The second-order valence-corrected chi connectivity index (χ2v) is 11.3. The van der Waals surface area contributed by atoms with E-state index in [1.807, 2.05) is 20.8 Å². The number of carbonyl (C=O) groups excluding carboxylic acids is 3. The standard InChI is InChI=1S/C28H45N3O5/c1-8-11-12-17-30(16-10-3)26(35)23-28-14-13-27(6,36-28)21(24(33)29(7)15-9-2)22(28)25(34)31(23)20(18-32)19(4)5/h9-10,19-23,32H,2-3,8,11-18H2,1,4-7H3/t20-,21+,22-,23?,27-,28?/m0/s1. The van der Waals surface area contributed by atoms with Crippen LogP contribution in [-0.4, -0.2) is 94.1 Å². The highest BCUT2D eigenvalue weighted by Gasteiger charge is 2.78. The van der Waals surface area contributed by atoms with Crippen molar-refractivity contribution in [2.45, 2.75) is 83.1 Å². The highest BCUT2D eigenvalue weighted by atomic mass is 16.5. The van der Waals surface area contributed by atoms with Crippen LogP contribution in [0.2, 0.25) is 0 Å². The molecule has 202 valence electrons. The second-order valence-electron chi connectivity index (χ2n) is 11.3. The molecule has 3 aliphatic rings. The van der Waals surface area contributed by atoms with Crippen LogP contribution in [0.1, 0.15) is 59.8 Å². The lowest BCUT2D eigenvalue weighted by atomic mass is 9.66. The van der Waals surface area contributed by atoms with Gasteiger partial charge in [-0.2, -0.15) is 0 Å². The number of ether oxygens (including phenoxy) is 1. The minimum absolute atomic E-state index is 0.0807. The van der Waals surface area contributed by atoms with Gasteiger partial charge in [0.15, 0.2) is 0 Å². The van der Waals surface area contributed by atoms with Crippen molar-refractivity contribution < 1.29 is 24.2 Å². The third-order valence-electron chi connectivity index (χ3n) is 8.50. The van der Waals surface area contributed by atoms with E-state index in [1.54, 1.807) is 33.9 Å². The van der Waals surface area contributed by atoms with Crippen LogP contribution in [0.4, 0.5) is 0 Å². The maximum atomic E-state index is 14.3. The third kappa shape index (κ3) is 4.51. The minimum Gasteiger partial charge on any atom is -0.394 e. The molecule has 1 N–H and O–H groups in total. The fraction of sp³-hybridized carbons (Fsp3) is 0.750. The SMILES string of the molecule is C=CCN(C)C(=O)[C@H]1[C@H]2C(=O)N([C@@H](CO)C(C)C)C(C(=O)N(CC=C)CCCCC)C23CC[C@]1(C)O3. The summed E-state index contributed by atoms with van der Waals surface area (Å²) in [5.74, 6) is -2.15. The third-order valence-corrected chi connectivity index (χ3v) is 8.50. The molecule has 3 amide bonds. The Bertz CT molecular complexity index is 875. The summed E-state index contributed by atoms with van der Waals surface area (Å²) in [6, 6.07) is -1.44. The molecular formula is C28H45N3O5. The van der Waals surface area contributed by atoms with Crippen molar-refractivity contribution in [3.63, 3.8) is 0 Å². The Morgan fingerprint density at radius 1 is 1.19 bits per heavy atom. The number of nitrogens with zero attached hydrogens (tertiary/aromatic N) is 3. The van der Waals surface area contributed by atoms with Gasteiger partial charge in [-0.25, -0.2) is 0 Å². The fourth-order valence-corrected chi connectivity index (χ4v) is 6.69. The van der Waals surface area contributed by atoms with Gasteiger partial charge in [-0.15, -0.1) is 13.2 Å². The lowest BCUT2D eigenvalue weighted by molar-refractivity contribution is -0.157. The first-order valence-corrected chi connectivity index (χ1v) is 13.4. The van der Waals surface area contributed by atoms with Crippen LogP contribution in [0, 0.1) is 17.8 Å². The normalized spacial score (nSPS) is 31.5. The first kappa shape index (κ1) is 28.4. The molecule has 0 radical (unpaired) electrons. The molecule has 8 nitrogen and oxygen atoms in total. The monoisotopic (exact) mass is 503 g/mol. The van der Waals surface area contributed by atoms with Crippen LogP contribution < -0.4 is 0 Å². The van der Waals surface area contributed by atoms with E-state index in [0.29, 0.717) is 32.5 Å². The number of aliphatic hydroxyl groups excluding tert-OH is 1. The molecule has 0 aliphatic carbocycles. The van der Waals surface area contributed by atoms with Crippen molar-refractivity contribution in [2.75, 3.05) is 33.3 Å². The van der Waals surface area contributed by atoms with E-state index in [9.17, 15) is 19.5 Å². The van der Waals surface area contributed by atoms with Crippen molar-refractivity contribution in [3.8, 4) is 0 Å². The largest absolute Gasteiger partial charge is 0.394 e. The molecule has 3 heterocycles. The number of unbranched alkanes of at least 4 members (excludes halogenated alkanes) is 2. The number of amides is 3. The molecule has 0 aromatic carbocycles. The average Bonchev–Trinajstić information content (AvgIpc) is 3.39. The van der Waals surface area contributed by atoms with E-state index >= 15 is 0 Å². The Kier molecular flexibility index (Phi) is 8.71. The van der Waals surface area contributed by atoms with Gasteiger partial charge in [0.05, 0.1) is 30.1 Å². The van der Waals surface area contributed by atoms with E-state index in [2.05, 4.69) is 20.1 Å². The minimum atomic E-state index is -1.09. The lowest BCUT2D eigenvalue weighted by Crippen LogP contribution is -2.59. The topological polar surface area (TPSA) is 90.4 Å². The number of hydrogen-bond donors (Lipinski definition) is 1. The number of fused-ring (bicyclic) bond motifs is 1. The quantitative estimate of drug-likeness (QED) is 0.308. The average molecular weight is 504 g/mol. The Morgan fingerprint density at radius 3 is 2.42 bits per heavy atom. The van der Waals surface area contributed by atoms with Crippen molar-refractivity contribution in [1.29, 1.82) is 0 Å². The molecule has 3 rings (SSSR count). The van der Waals surface area contributed by atoms with E-state index in [4.69, 9.17) is 4.74 Å². The summed E-state index contributed by atoms with van der Waals surface area (Å²) in [5, 5.41) is 10.3. The summed E-state index contributed by atoms with van der Waals surface area (Å²) in [4.78, 5) is 47.1. The number of hydrogen-bond acceptors (Lipinski definition) is 5. The summed E-state index contributed by atoms with van der Waals surface area (Å²) in [7, 11) is 1.70. The fourth-order valence-electron chi connectivity index (χ4n) is 6.69. The van der Waals surface area contributed by atoms with E-state index in [0.717, 1.165) is 19.3 Å². The second kappa shape index (κ2) is 11.1. The molecule has 0 aromatic rings. The van der Waals surface area contributed by atoms with Gasteiger partial charge in [0.1, 0.15) is 11.6 Å². The molecule has 3 aliphatic heterocycles. The molecule has 6 atom stereocenters. The van der Waals surface area contributed by atoms with Gasteiger partial charge in [0.2, 0.25) is 17.7 Å². The summed E-state index contributed by atoms with van der Waals surface area (Å²) in [5.41, 5.74) is -1.92. The number of carbonyl (C=O) groups is 3. The van der Waals surface area contributed by atoms with Crippen LogP contribution in [-0.2, 0) is 19.1 Å². The highest BCUT2D eigenvalue weighted by molar-refractivity contribution is 5.99. The Hall–Kier alpha value is -2.19. The van der Waals surface area contributed by atoms with Crippen molar-refractivity contribution >= 4 is 17.7 Å². The molecule has 1 spiro atoms. The van der Waals surface area contributed by atoms with Crippen molar-refractivity contribution in [2.24, 2.45) is 17.8 Å². The molecule has 36 heavy (non-hydrogen) atoms. The number of likely N-dealkylation sites (N-methyl/N-ethyl adjacent to an activating group) is 1. The predicted molar refractivity (Wildman–Crippen MR) is 139 cm³/mol. The molecule has 8 heteroatoms. The Morgan fingerprint density at radius 2 is 1.86 bits per heavy atom. The number of likely N-dealkylation sites (tertiary alicyclic amines) is 1. The van der Waals surface area contributed by atoms with Crippen molar-refractivity contribution in [1.82, 2.24) is 14.7 Å². The van der Waals surface area contributed by atoms with Gasteiger partial charge in [-0.1, -0.05) is 45.8 Å². The molecule has 3 saturated heterocycles. The van der Waals surface area contributed by atoms with Crippen LogP contribution in [0.3, 0.4) is 0 Å². The van der Waals surface area contributed by atoms with Crippen molar-refractivity contribution in [3.05, 3.63) is 25.3 Å². The zero-order chi connectivity index (χ0) is 26.8. The van der Waals surface area contributed by atoms with Crippen LogP contribution in [0.5, 0.6) is 0 Å². The molecule has 2 bridgehead atoms. The first-order chi connectivity index (χ1) is 17.0. The number of rotatable bonds is 13. The zero-order valence-corrected chi connectivity index (χ0v) is 22.7. The summed E-state index contributed by atoms with van der Waals surface area (Å²) in [6.07, 6.45) is 7.35. The Balaban J connectivity index is 2.11. The van der Waals surface area contributed by atoms with Gasteiger partial charge in [-0.05, 0) is 32.1 Å². The highest BCUT2D eigenvalue weighted by Crippen LogP contribution is 2.64. The molecule has 3 fully saturated rings. The Labute approximate surface area is 216 Å². The maximum absolute atomic E-state index is 14.3. The van der Waals surface area contributed by atoms with Gasteiger partial charge >= 0.3 is 0 Å². The lowest BCUT2D eigenvalue weighted by Gasteiger charge is -2.40. The van der Waals surface area contributed by atoms with Gasteiger partial charge in [-0.3, -0.25) is 14.4 Å². The smallest absolute Gasteiger partial charge is 0.248 e. The van der Waals surface area contributed by atoms with Crippen LogP contribution in [0.25, 0.3) is 0 Å². The summed E-state index contributed by atoms with van der Waals surface area (Å²) < 4.78 is 6.71. The van der Waals surface area contributed by atoms with E-state index < -0.39 is 35.1 Å². The van der Waals surface area contributed by atoms with Gasteiger partial charge < -0.3 is 24.5 Å². The van der Waals surface area contributed by atoms with Gasteiger partial charge in [0, 0.05) is 26.7 Å². The molecule has 0 aromatic heterocycles. The zero-order valence-electron chi connectivity index (χ0n) is 22.7. The molecule has 2 unspecified atom stereocenters. The van der Waals surface area contributed by atoms with Crippen LogP contribution >= 0.6 is 0 Å². The molecule has 0 saturated carbocycles. The maximum Gasteiger partial charge on any atom is 0.248 e. The van der Waals surface area contributed by atoms with Crippen LogP contribution in [0.15, 0.2) is 25.3 Å². The first-order valence-electron chi connectivity index (χ1n) is 13.4. The summed E-state index contributed by atoms with van der Waals surface area (Å²) in [6.45, 7) is 16.5. The summed E-state index contributed by atoms with van der Waals surface area (Å²) >= 11 is 0. The van der Waals surface area contributed by atoms with E-state index in [-0.39, 0.29) is 30.2 Å². The van der Waals surface area contributed by atoms with Gasteiger partial charge in [0.25, 0.3) is 0 Å². The predicted octanol–water partition coefficient (Wildman–Crippen LogP) is 2.62. The van der Waals surface area contributed by atoms with E-state index in [1.165, 1.54) is 0 Å². The number of aliphatic hydroxyl groups is 1.